The number of hydrogen-bond acceptors (Lipinski definition) is 5. The molecule has 2 amide bonds. The molecule has 0 atom stereocenters. The number of amides is 2. The molecule has 1 aromatic carbocycles. The average molecular weight is 389 g/mol. The van der Waals surface area contributed by atoms with Crippen molar-refractivity contribution >= 4 is 17.4 Å². The molecule has 28 heavy (non-hydrogen) atoms. The van der Waals surface area contributed by atoms with Crippen molar-refractivity contribution in [2.24, 2.45) is 0 Å². The molecule has 0 spiro atoms. The van der Waals surface area contributed by atoms with Crippen molar-refractivity contribution in [1.29, 1.82) is 0 Å². The van der Waals surface area contributed by atoms with Crippen LogP contribution in [0.4, 0.5) is 0 Å². The number of methoxy groups -OCH3 is 2. The Balaban J connectivity index is 1.95. The number of aliphatic hydroxyl groups is 1. The van der Waals surface area contributed by atoms with Crippen molar-refractivity contribution in [1.82, 2.24) is 4.90 Å². The molecular formula is C22H31NO5. The van der Waals surface area contributed by atoms with E-state index in [1.54, 1.807) is 18.2 Å². The van der Waals surface area contributed by atoms with E-state index in [4.69, 9.17) is 9.47 Å². The van der Waals surface area contributed by atoms with Gasteiger partial charge in [0.05, 0.1) is 19.8 Å². The molecule has 6 nitrogen and oxygen atoms in total. The molecule has 0 unspecified atom stereocenters. The molecule has 0 bridgehead atoms. The number of carbonyl (C=O) groups excluding carboxylic acids is 2. The smallest absolute Gasteiger partial charge is 0.296 e. The van der Waals surface area contributed by atoms with Crippen LogP contribution in [0.1, 0.15) is 63.9 Å². The van der Waals surface area contributed by atoms with Gasteiger partial charge in [-0.3, -0.25) is 14.5 Å². The Morgan fingerprint density at radius 3 is 2.07 bits per heavy atom. The molecule has 0 radical (unpaired) electrons. The van der Waals surface area contributed by atoms with Gasteiger partial charge in [0.1, 0.15) is 0 Å². The van der Waals surface area contributed by atoms with Gasteiger partial charge in [-0.05, 0) is 24.1 Å². The predicted molar refractivity (Wildman–Crippen MR) is 108 cm³/mol. The number of unbranched alkanes of at least 4 members (excludes halogenated alkanes) is 7. The number of aliphatic hydroxyl groups excluding tert-OH is 1. The Hall–Kier alpha value is -2.50. The van der Waals surface area contributed by atoms with Crippen molar-refractivity contribution in [3.63, 3.8) is 0 Å². The van der Waals surface area contributed by atoms with Crippen LogP contribution in [0, 0.1) is 0 Å². The van der Waals surface area contributed by atoms with Gasteiger partial charge < -0.3 is 14.6 Å². The number of rotatable bonds is 12. The standard InChI is InChI=1S/C22H31NO5/c1-4-5-6-7-8-9-10-11-14-23-21(25)19(20(24)22(23)26)16-12-13-17(27-2)18(15-16)28-3/h12-13,15,24H,4-11,14H2,1-3H3. The predicted octanol–water partition coefficient (Wildman–Crippen LogP) is 4.48. The molecule has 1 aliphatic heterocycles. The maximum Gasteiger partial charge on any atom is 0.296 e. The number of ether oxygens (including phenoxy) is 2. The topological polar surface area (TPSA) is 76.1 Å². The SMILES string of the molecule is CCCCCCCCCCN1C(=O)C(O)=C(c2ccc(OC)c(OC)c2)C1=O. The van der Waals surface area contributed by atoms with Crippen molar-refractivity contribution in [2.75, 3.05) is 20.8 Å². The van der Waals surface area contributed by atoms with Gasteiger partial charge in [-0.15, -0.1) is 0 Å². The third-order valence-electron chi connectivity index (χ3n) is 5.05. The van der Waals surface area contributed by atoms with Crippen LogP contribution in [0.3, 0.4) is 0 Å². The summed E-state index contributed by atoms with van der Waals surface area (Å²) in [5.41, 5.74) is 0.456. The van der Waals surface area contributed by atoms with Crippen molar-refractivity contribution in [3.8, 4) is 11.5 Å². The first kappa shape index (κ1) is 21.8. The maximum atomic E-state index is 12.7. The summed E-state index contributed by atoms with van der Waals surface area (Å²) in [5.74, 6) is -0.645. The normalized spacial score (nSPS) is 14.2. The lowest BCUT2D eigenvalue weighted by atomic mass is 10.0. The zero-order valence-electron chi connectivity index (χ0n) is 17.1. The summed E-state index contributed by atoms with van der Waals surface area (Å²) in [4.78, 5) is 26.2. The first-order valence-corrected chi connectivity index (χ1v) is 10.1. The van der Waals surface area contributed by atoms with Gasteiger partial charge in [0.2, 0.25) is 0 Å². The van der Waals surface area contributed by atoms with Crippen LogP contribution in [0.2, 0.25) is 0 Å². The van der Waals surface area contributed by atoms with Gasteiger partial charge in [-0.2, -0.15) is 0 Å². The third-order valence-corrected chi connectivity index (χ3v) is 5.05. The van der Waals surface area contributed by atoms with E-state index in [1.807, 2.05) is 0 Å². The lowest BCUT2D eigenvalue weighted by molar-refractivity contribution is -0.138. The molecule has 1 N–H and O–H groups in total. The minimum absolute atomic E-state index is 0.0190. The van der Waals surface area contributed by atoms with E-state index in [0.29, 0.717) is 23.6 Å². The highest BCUT2D eigenvalue weighted by molar-refractivity contribution is 6.34. The first-order valence-electron chi connectivity index (χ1n) is 10.1. The fraction of sp³-hybridized carbons (Fsp3) is 0.545. The maximum absolute atomic E-state index is 12.7. The van der Waals surface area contributed by atoms with Gasteiger partial charge in [-0.25, -0.2) is 0 Å². The van der Waals surface area contributed by atoms with Crippen LogP contribution in [0.25, 0.3) is 5.57 Å². The molecule has 0 aromatic heterocycles. The van der Waals surface area contributed by atoms with E-state index in [1.165, 1.54) is 46.3 Å². The van der Waals surface area contributed by atoms with Gasteiger partial charge in [0, 0.05) is 6.54 Å². The molecule has 0 fully saturated rings. The van der Waals surface area contributed by atoms with E-state index in [-0.39, 0.29) is 5.57 Å². The molecule has 1 aromatic rings. The second-order valence-corrected chi connectivity index (χ2v) is 7.03. The number of hydrogen-bond donors (Lipinski definition) is 1. The van der Waals surface area contributed by atoms with E-state index in [0.717, 1.165) is 24.2 Å². The number of carbonyl (C=O) groups is 2. The minimum Gasteiger partial charge on any atom is -0.502 e. The highest BCUT2D eigenvalue weighted by Crippen LogP contribution is 2.34. The molecule has 1 aliphatic rings. The molecular weight excluding hydrogens is 358 g/mol. The lowest BCUT2D eigenvalue weighted by Crippen LogP contribution is -2.32. The van der Waals surface area contributed by atoms with E-state index in [2.05, 4.69) is 6.92 Å². The van der Waals surface area contributed by atoms with Crippen molar-refractivity contribution in [3.05, 3.63) is 29.5 Å². The molecule has 6 heteroatoms. The monoisotopic (exact) mass is 389 g/mol. The van der Waals surface area contributed by atoms with Crippen LogP contribution in [-0.4, -0.2) is 42.6 Å². The largest absolute Gasteiger partial charge is 0.502 e. The summed E-state index contributed by atoms with van der Waals surface area (Å²) < 4.78 is 10.4. The lowest BCUT2D eigenvalue weighted by Gasteiger charge is -2.14. The molecule has 0 saturated carbocycles. The van der Waals surface area contributed by atoms with E-state index >= 15 is 0 Å². The fourth-order valence-electron chi connectivity index (χ4n) is 3.42. The summed E-state index contributed by atoms with van der Waals surface area (Å²) in [6.07, 6.45) is 9.02. The summed E-state index contributed by atoms with van der Waals surface area (Å²) in [7, 11) is 3.01. The van der Waals surface area contributed by atoms with Crippen LogP contribution in [0.5, 0.6) is 11.5 Å². The molecule has 0 saturated heterocycles. The Morgan fingerprint density at radius 2 is 1.46 bits per heavy atom. The second kappa shape index (κ2) is 10.7. The second-order valence-electron chi connectivity index (χ2n) is 7.03. The van der Waals surface area contributed by atoms with Crippen LogP contribution >= 0.6 is 0 Å². The van der Waals surface area contributed by atoms with Crippen LogP contribution in [-0.2, 0) is 9.59 Å². The number of nitrogens with zero attached hydrogens (tertiary/aromatic N) is 1. The molecule has 2 rings (SSSR count). The van der Waals surface area contributed by atoms with Gasteiger partial charge in [-0.1, -0.05) is 57.9 Å². The van der Waals surface area contributed by atoms with Gasteiger partial charge in [0.25, 0.3) is 11.8 Å². The van der Waals surface area contributed by atoms with E-state index in [9.17, 15) is 14.7 Å². The summed E-state index contributed by atoms with van der Waals surface area (Å²) in [5, 5.41) is 10.3. The third kappa shape index (κ3) is 5.06. The quantitative estimate of drug-likeness (QED) is 0.421. The highest BCUT2D eigenvalue weighted by Gasteiger charge is 2.39. The van der Waals surface area contributed by atoms with E-state index < -0.39 is 17.6 Å². The minimum atomic E-state index is -0.627. The molecule has 154 valence electrons. The van der Waals surface area contributed by atoms with Crippen LogP contribution < -0.4 is 9.47 Å². The van der Waals surface area contributed by atoms with Gasteiger partial charge >= 0.3 is 0 Å². The summed E-state index contributed by atoms with van der Waals surface area (Å²) in [6.45, 7) is 2.53. The van der Waals surface area contributed by atoms with Crippen molar-refractivity contribution in [2.45, 2.75) is 58.3 Å². The Bertz CT molecular complexity index is 726. The van der Waals surface area contributed by atoms with Crippen molar-refractivity contribution < 1.29 is 24.2 Å². The summed E-state index contributed by atoms with van der Waals surface area (Å²) >= 11 is 0. The summed E-state index contributed by atoms with van der Waals surface area (Å²) in [6, 6.07) is 4.88. The Morgan fingerprint density at radius 1 is 0.857 bits per heavy atom. The average Bonchev–Trinajstić information content (AvgIpc) is 2.92. The molecule has 0 aliphatic carbocycles. The Labute approximate surface area is 167 Å². The fourth-order valence-corrected chi connectivity index (χ4v) is 3.42. The zero-order chi connectivity index (χ0) is 20.5. The van der Waals surface area contributed by atoms with Crippen LogP contribution in [0.15, 0.2) is 24.0 Å². The number of benzene rings is 1. The highest BCUT2D eigenvalue weighted by atomic mass is 16.5. The first-order chi connectivity index (χ1) is 13.5. The molecule has 1 heterocycles. The zero-order valence-corrected chi connectivity index (χ0v) is 17.1. The Kier molecular flexibility index (Phi) is 8.36. The van der Waals surface area contributed by atoms with Gasteiger partial charge in [0.15, 0.2) is 17.3 Å². The number of imide groups is 1.